The van der Waals surface area contributed by atoms with Crippen molar-refractivity contribution in [3.05, 3.63) is 54.4 Å². The average Bonchev–Trinajstić information content (AvgIpc) is 2.34. The second-order valence-corrected chi connectivity index (χ2v) is 3.18. The zero-order chi connectivity index (χ0) is 12.7. The van der Waals surface area contributed by atoms with Gasteiger partial charge in [0.1, 0.15) is 12.4 Å². The average molecular weight is 236 g/mol. The summed E-state index contributed by atoms with van der Waals surface area (Å²) in [6.45, 7) is 4.62. The van der Waals surface area contributed by atoms with Crippen LogP contribution in [0, 0.1) is 0 Å². The van der Waals surface area contributed by atoms with Gasteiger partial charge in [0, 0.05) is 5.56 Å². The molecule has 0 amide bonds. The lowest BCUT2D eigenvalue weighted by molar-refractivity contribution is 0.0994. The number of carbonyl (C=O) groups excluding carboxylic acids is 1. The zero-order valence-electron chi connectivity index (χ0n) is 9.48. The second-order valence-electron chi connectivity index (χ2n) is 3.18. The normalized spacial score (nSPS) is 11.4. The van der Waals surface area contributed by atoms with Crippen molar-refractivity contribution in [2.45, 2.75) is 6.92 Å². The third kappa shape index (κ3) is 4.10. The predicted molar refractivity (Wildman–Crippen MR) is 62.8 cm³/mol. The van der Waals surface area contributed by atoms with Crippen molar-refractivity contribution >= 4 is 11.9 Å². The molecule has 0 spiro atoms. The lowest BCUT2D eigenvalue weighted by atomic mass is 10.2. The van der Waals surface area contributed by atoms with Gasteiger partial charge in [0.15, 0.2) is 5.76 Å². The highest BCUT2D eigenvalue weighted by atomic mass is 19.1. The van der Waals surface area contributed by atoms with Crippen LogP contribution in [0.15, 0.2) is 48.8 Å². The summed E-state index contributed by atoms with van der Waals surface area (Å²) < 4.78 is 22.7. The van der Waals surface area contributed by atoms with Crippen molar-refractivity contribution < 1.29 is 18.7 Å². The van der Waals surface area contributed by atoms with Crippen LogP contribution in [0.5, 0.6) is 0 Å². The van der Waals surface area contributed by atoms with Gasteiger partial charge < -0.3 is 9.47 Å². The maximum absolute atomic E-state index is 13.3. The number of rotatable bonds is 4. The summed E-state index contributed by atoms with van der Waals surface area (Å²) in [5.41, 5.74) is 0.475. The second kappa shape index (κ2) is 6.48. The van der Waals surface area contributed by atoms with E-state index in [1.54, 1.807) is 30.3 Å². The number of halogens is 1. The molecule has 0 aliphatic rings. The first-order valence-corrected chi connectivity index (χ1v) is 5.02. The fourth-order valence-corrected chi connectivity index (χ4v) is 1.16. The summed E-state index contributed by atoms with van der Waals surface area (Å²) in [5, 5.41) is 0. The van der Waals surface area contributed by atoms with Gasteiger partial charge in [-0.05, 0) is 6.92 Å². The van der Waals surface area contributed by atoms with E-state index in [2.05, 4.69) is 11.3 Å². The Labute approximate surface area is 99.2 Å². The fraction of sp³-hybridized carbons (Fsp3) is 0.154. The highest BCUT2D eigenvalue weighted by molar-refractivity contribution is 5.73. The molecule has 0 unspecified atom stereocenters. The molecule has 0 aliphatic heterocycles. The molecule has 0 bridgehead atoms. The molecule has 17 heavy (non-hydrogen) atoms. The fourth-order valence-electron chi connectivity index (χ4n) is 1.16. The van der Waals surface area contributed by atoms with Crippen LogP contribution < -0.4 is 0 Å². The molecule has 0 radical (unpaired) electrons. The van der Waals surface area contributed by atoms with Crippen molar-refractivity contribution in [1.82, 2.24) is 0 Å². The minimum atomic E-state index is -0.958. The van der Waals surface area contributed by atoms with Crippen molar-refractivity contribution in [2.24, 2.45) is 0 Å². The van der Waals surface area contributed by atoms with Crippen LogP contribution in [0.2, 0.25) is 0 Å². The lowest BCUT2D eigenvalue weighted by Crippen LogP contribution is -2.07. The Morgan fingerprint density at radius 3 is 2.59 bits per heavy atom. The van der Waals surface area contributed by atoms with Crippen LogP contribution in [-0.2, 0) is 9.47 Å². The Bertz CT molecular complexity index is 420. The van der Waals surface area contributed by atoms with E-state index in [1.807, 2.05) is 0 Å². The maximum Gasteiger partial charge on any atom is 0.514 e. The molecule has 0 atom stereocenters. The highest BCUT2D eigenvalue weighted by Crippen LogP contribution is 2.21. The molecule has 90 valence electrons. The molecule has 4 heteroatoms. The Morgan fingerprint density at radius 2 is 2.06 bits per heavy atom. The number of hydrogen-bond acceptors (Lipinski definition) is 3. The topological polar surface area (TPSA) is 35.5 Å². The minimum Gasteiger partial charge on any atom is -0.430 e. The predicted octanol–water partition coefficient (Wildman–Crippen LogP) is 3.68. The Kier molecular flexibility index (Phi) is 4.94. The third-order valence-corrected chi connectivity index (χ3v) is 1.85. The highest BCUT2D eigenvalue weighted by Gasteiger charge is 2.13. The van der Waals surface area contributed by atoms with Gasteiger partial charge in [-0.15, -0.1) is 0 Å². The largest absolute Gasteiger partial charge is 0.514 e. The van der Waals surface area contributed by atoms with Gasteiger partial charge in [0.25, 0.3) is 0 Å². The summed E-state index contributed by atoms with van der Waals surface area (Å²) in [5.74, 6) is -0.730. The monoisotopic (exact) mass is 236 g/mol. The van der Waals surface area contributed by atoms with Crippen molar-refractivity contribution in [1.29, 1.82) is 0 Å². The van der Waals surface area contributed by atoms with E-state index in [4.69, 9.17) is 4.74 Å². The smallest absolute Gasteiger partial charge is 0.430 e. The first-order chi connectivity index (χ1) is 8.15. The molecule has 1 aromatic rings. The Morgan fingerprint density at radius 1 is 1.41 bits per heavy atom. The summed E-state index contributed by atoms with van der Waals surface area (Å²) >= 11 is 0. The number of carbonyl (C=O) groups is 1. The molecule has 1 aromatic carbocycles. The van der Waals surface area contributed by atoms with Crippen LogP contribution in [0.3, 0.4) is 0 Å². The molecule has 0 aliphatic carbocycles. The van der Waals surface area contributed by atoms with Gasteiger partial charge >= 0.3 is 6.16 Å². The first-order valence-electron chi connectivity index (χ1n) is 5.02. The summed E-state index contributed by atoms with van der Waals surface area (Å²) in [7, 11) is 0. The van der Waals surface area contributed by atoms with Crippen LogP contribution in [0.4, 0.5) is 9.18 Å². The van der Waals surface area contributed by atoms with E-state index in [-0.39, 0.29) is 12.4 Å². The lowest BCUT2D eigenvalue weighted by Gasteiger charge is -2.08. The van der Waals surface area contributed by atoms with Crippen LogP contribution in [0.1, 0.15) is 12.5 Å². The van der Waals surface area contributed by atoms with E-state index in [9.17, 15) is 9.18 Å². The Balaban J connectivity index is 2.80. The SMILES string of the molecule is C=CCOC(=O)O/C(=C(/C)F)c1ccccc1. The van der Waals surface area contributed by atoms with E-state index in [1.165, 1.54) is 13.0 Å². The van der Waals surface area contributed by atoms with Gasteiger partial charge in [0.05, 0.1) is 0 Å². The van der Waals surface area contributed by atoms with Crippen LogP contribution >= 0.6 is 0 Å². The molecule has 0 fully saturated rings. The van der Waals surface area contributed by atoms with E-state index in [0.29, 0.717) is 5.56 Å². The van der Waals surface area contributed by atoms with Crippen LogP contribution in [0.25, 0.3) is 5.76 Å². The number of allylic oxidation sites excluding steroid dienone is 1. The Hall–Kier alpha value is -2.10. The van der Waals surface area contributed by atoms with Crippen molar-refractivity contribution in [2.75, 3.05) is 6.61 Å². The van der Waals surface area contributed by atoms with Crippen molar-refractivity contribution in [3.63, 3.8) is 0 Å². The zero-order valence-corrected chi connectivity index (χ0v) is 9.48. The van der Waals surface area contributed by atoms with Gasteiger partial charge in [-0.3, -0.25) is 0 Å². The van der Waals surface area contributed by atoms with Gasteiger partial charge in [-0.2, -0.15) is 0 Å². The van der Waals surface area contributed by atoms with E-state index < -0.39 is 12.0 Å². The summed E-state index contributed by atoms with van der Waals surface area (Å²) in [4.78, 5) is 11.2. The van der Waals surface area contributed by atoms with Gasteiger partial charge in [0.2, 0.25) is 0 Å². The standard InChI is InChI=1S/C13H13FO3/c1-3-9-16-13(15)17-12(10(2)14)11-7-5-4-6-8-11/h3-8H,1,9H2,2H3/b12-10-. The number of ether oxygens (including phenoxy) is 2. The third-order valence-electron chi connectivity index (χ3n) is 1.85. The summed E-state index contributed by atoms with van der Waals surface area (Å²) in [6.07, 6.45) is 0.441. The van der Waals surface area contributed by atoms with E-state index >= 15 is 0 Å². The maximum atomic E-state index is 13.3. The number of hydrogen-bond donors (Lipinski definition) is 0. The quantitative estimate of drug-likeness (QED) is 0.454. The summed E-state index contributed by atoms with van der Waals surface area (Å²) in [6, 6.07) is 8.50. The molecular weight excluding hydrogens is 223 g/mol. The molecule has 0 N–H and O–H groups in total. The molecule has 0 saturated heterocycles. The molecule has 0 saturated carbocycles. The molecular formula is C13H13FO3. The molecule has 0 heterocycles. The molecule has 1 rings (SSSR count). The minimum absolute atomic E-state index is 0.0201. The first kappa shape index (κ1) is 13.0. The van der Waals surface area contributed by atoms with Crippen LogP contribution in [-0.4, -0.2) is 12.8 Å². The molecule has 0 aromatic heterocycles. The molecule has 3 nitrogen and oxygen atoms in total. The van der Waals surface area contributed by atoms with Crippen molar-refractivity contribution in [3.8, 4) is 0 Å². The van der Waals surface area contributed by atoms with E-state index in [0.717, 1.165) is 0 Å². The van der Waals surface area contributed by atoms with Gasteiger partial charge in [-0.25, -0.2) is 9.18 Å². The number of benzene rings is 1. The van der Waals surface area contributed by atoms with Gasteiger partial charge in [-0.1, -0.05) is 43.0 Å².